The van der Waals surface area contributed by atoms with Crippen molar-refractivity contribution in [1.29, 1.82) is 0 Å². The number of hydrogen-bond acceptors (Lipinski definition) is 6. The molecular weight excluding hydrogens is 396 g/mol. The third kappa shape index (κ3) is 5.65. The van der Waals surface area contributed by atoms with E-state index in [1.165, 1.54) is 19.3 Å². The van der Waals surface area contributed by atoms with E-state index in [2.05, 4.69) is 20.2 Å². The summed E-state index contributed by atoms with van der Waals surface area (Å²) in [7, 11) is 1.66. The van der Waals surface area contributed by atoms with Crippen molar-refractivity contribution in [2.75, 3.05) is 32.6 Å². The Kier molecular flexibility index (Phi) is 8.09. The number of amides is 2. The molecule has 0 aliphatic heterocycles. The van der Waals surface area contributed by atoms with E-state index >= 15 is 0 Å². The standard InChI is InChI=1S/C22H36N6O3/c1-14-15(2)25-20(23)18-19(14)28(21(27-18)16(3)30-4)11-13-31-12-10-24-22(29)26-17-8-6-5-7-9-17/h16-17H,5-13H2,1-4H3,(H2,23,25)(H2,24,26,29). The van der Waals surface area contributed by atoms with Gasteiger partial charge < -0.3 is 30.4 Å². The number of nitrogens with one attached hydrogen (secondary N) is 2. The molecule has 0 aromatic carbocycles. The minimum Gasteiger partial charge on any atom is -0.382 e. The highest BCUT2D eigenvalue weighted by Crippen LogP contribution is 2.29. The molecule has 0 saturated heterocycles. The monoisotopic (exact) mass is 432 g/mol. The van der Waals surface area contributed by atoms with Crippen molar-refractivity contribution in [2.45, 2.75) is 71.6 Å². The number of methoxy groups -OCH3 is 1. The number of rotatable bonds is 9. The van der Waals surface area contributed by atoms with Gasteiger partial charge in [-0.05, 0) is 39.2 Å². The second-order valence-electron chi connectivity index (χ2n) is 8.25. The summed E-state index contributed by atoms with van der Waals surface area (Å²) in [6.07, 6.45) is 5.63. The molecule has 0 spiro atoms. The molecule has 0 radical (unpaired) electrons. The van der Waals surface area contributed by atoms with Crippen LogP contribution in [0.5, 0.6) is 0 Å². The predicted molar refractivity (Wildman–Crippen MR) is 121 cm³/mol. The Labute approximate surface area is 184 Å². The van der Waals surface area contributed by atoms with Crippen molar-refractivity contribution >= 4 is 22.9 Å². The molecular formula is C22H36N6O3. The first-order valence-corrected chi connectivity index (χ1v) is 11.2. The number of pyridine rings is 1. The number of aromatic nitrogens is 3. The molecule has 2 amide bonds. The van der Waals surface area contributed by atoms with Gasteiger partial charge in [0, 0.05) is 31.9 Å². The van der Waals surface area contributed by atoms with Crippen molar-refractivity contribution in [3.63, 3.8) is 0 Å². The van der Waals surface area contributed by atoms with Crippen LogP contribution in [0.15, 0.2) is 0 Å². The zero-order chi connectivity index (χ0) is 22.4. The minimum atomic E-state index is -0.184. The smallest absolute Gasteiger partial charge is 0.315 e. The molecule has 4 N–H and O–H groups in total. The molecule has 2 heterocycles. The summed E-state index contributed by atoms with van der Waals surface area (Å²) in [4.78, 5) is 21.1. The predicted octanol–water partition coefficient (Wildman–Crippen LogP) is 2.99. The van der Waals surface area contributed by atoms with Gasteiger partial charge in [0.2, 0.25) is 0 Å². The third-order valence-electron chi connectivity index (χ3n) is 6.07. The lowest BCUT2D eigenvalue weighted by Crippen LogP contribution is -2.43. The van der Waals surface area contributed by atoms with Crippen molar-refractivity contribution in [2.24, 2.45) is 0 Å². The van der Waals surface area contributed by atoms with Gasteiger partial charge in [-0.25, -0.2) is 14.8 Å². The molecule has 1 fully saturated rings. The first kappa shape index (κ1) is 23.3. The van der Waals surface area contributed by atoms with E-state index in [-0.39, 0.29) is 12.1 Å². The normalized spacial score (nSPS) is 15.9. The van der Waals surface area contributed by atoms with Gasteiger partial charge in [-0.15, -0.1) is 0 Å². The summed E-state index contributed by atoms with van der Waals surface area (Å²) in [6.45, 7) is 7.95. The quantitative estimate of drug-likeness (QED) is 0.525. The van der Waals surface area contributed by atoms with E-state index in [0.29, 0.717) is 43.7 Å². The van der Waals surface area contributed by atoms with Crippen LogP contribution in [0, 0.1) is 13.8 Å². The second-order valence-corrected chi connectivity index (χ2v) is 8.25. The summed E-state index contributed by atoms with van der Waals surface area (Å²) >= 11 is 0. The minimum absolute atomic E-state index is 0.110. The SMILES string of the molecule is COC(C)c1nc2c(N)nc(C)c(C)c2n1CCOCCNC(=O)NC1CCCCC1. The number of urea groups is 1. The first-order valence-electron chi connectivity index (χ1n) is 11.2. The molecule has 1 atom stereocenters. The molecule has 3 rings (SSSR count). The van der Waals surface area contributed by atoms with Crippen molar-refractivity contribution in [3.05, 3.63) is 17.1 Å². The number of aryl methyl sites for hydroxylation is 2. The number of anilines is 1. The van der Waals surface area contributed by atoms with E-state index in [0.717, 1.165) is 35.4 Å². The van der Waals surface area contributed by atoms with Crippen LogP contribution >= 0.6 is 0 Å². The highest BCUT2D eigenvalue weighted by Gasteiger charge is 2.21. The van der Waals surface area contributed by atoms with E-state index in [9.17, 15) is 4.79 Å². The van der Waals surface area contributed by atoms with Crippen LogP contribution in [-0.4, -0.2) is 53.5 Å². The van der Waals surface area contributed by atoms with Crippen LogP contribution in [0.2, 0.25) is 0 Å². The van der Waals surface area contributed by atoms with Crippen LogP contribution in [-0.2, 0) is 16.0 Å². The lowest BCUT2D eigenvalue weighted by molar-refractivity contribution is 0.101. The number of carbonyl (C=O) groups is 1. The Bertz CT molecular complexity index is 891. The van der Waals surface area contributed by atoms with Crippen molar-refractivity contribution < 1.29 is 14.3 Å². The number of nitrogens with two attached hydrogens (primary N) is 1. The Hall–Kier alpha value is -2.39. The van der Waals surface area contributed by atoms with Crippen molar-refractivity contribution in [1.82, 2.24) is 25.2 Å². The summed E-state index contributed by atoms with van der Waals surface area (Å²) in [6, 6.07) is 0.195. The number of imidazole rings is 1. The van der Waals surface area contributed by atoms with Crippen LogP contribution < -0.4 is 16.4 Å². The zero-order valence-corrected chi connectivity index (χ0v) is 19.2. The number of fused-ring (bicyclic) bond motifs is 1. The number of carbonyl (C=O) groups excluding carboxylic acids is 1. The Morgan fingerprint density at radius 3 is 2.68 bits per heavy atom. The zero-order valence-electron chi connectivity index (χ0n) is 19.2. The Morgan fingerprint density at radius 1 is 1.23 bits per heavy atom. The van der Waals surface area contributed by atoms with Crippen LogP contribution in [0.1, 0.15) is 62.2 Å². The molecule has 2 aromatic rings. The Balaban J connectivity index is 1.54. The molecule has 1 aliphatic rings. The topological polar surface area (TPSA) is 116 Å². The van der Waals surface area contributed by atoms with Gasteiger partial charge in [0.15, 0.2) is 5.82 Å². The summed E-state index contributed by atoms with van der Waals surface area (Å²) in [5.74, 6) is 1.23. The van der Waals surface area contributed by atoms with E-state index in [1.807, 2.05) is 20.8 Å². The molecule has 172 valence electrons. The highest BCUT2D eigenvalue weighted by atomic mass is 16.5. The molecule has 9 nitrogen and oxygen atoms in total. The van der Waals surface area contributed by atoms with Gasteiger partial charge in [0.05, 0.1) is 18.7 Å². The highest BCUT2D eigenvalue weighted by molar-refractivity contribution is 5.88. The van der Waals surface area contributed by atoms with E-state index in [4.69, 9.17) is 20.2 Å². The molecule has 1 aliphatic carbocycles. The van der Waals surface area contributed by atoms with Gasteiger partial charge in [0.1, 0.15) is 17.4 Å². The van der Waals surface area contributed by atoms with E-state index in [1.54, 1.807) is 7.11 Å². The maximum absolute atomic E-state index is 12.0. The number of ether oxygens (including phenoxy) is 2. The second kappa shape index (κ2) is 10.8. The lowest BCUT2D eigenvalue weighted by atomic mass is 9.96. The number of nitrogens with zero attached hydrogens (tertiary/aromatic N) is 3. The average molecular weight is 433 g/mol. The Morgan fingerprint density at radius 2 is 1.97 bits per heavy atom. The van der Waals surface area contributed by atoms with Crippen LogP contribution in [0.3, 0.4) is 0 Å². The fraction of sp³-hybridized carbons (Fsp3) is 0.682. The molecule has 1 saturated carbocycles. The molecule has 2 aromatic heterocycles. The van der Waals surface area contributed by atoms with Crippen LogP contribution in [0.4, 0.5) is 10.6 Å². The first-order chi connectivity index (χ1) is 14.9. The van der Waals surface area contributed by atoms with Gasteiger partial charge in [0.25, 0.3) is 0 Å². The number of nitrogen functional groups attached to an aromatic ring is 1. The van der Waals surface area contributed by atoms with Crippen LogP contribution in [0.25, 0.3) is 11.0 Å². The largest absolute Gasteiger partial charge is 0.382 e. The maximum Gasteiger partial charge on any atom is 0.315 e. The molecule has 31 heavy (non-hydrogen) atoms. The fourth-order valence-corrected chi connectivity index (χ4v) is 4.14. The summed E-state index contributed by atoms with van der Waals surface area (Å²) in [5.41, 5.74) is 9.74. The van der Waals surface area contributed by atoms with E-state index < -0.39 is 0 Å². The average Bonchev–Trinajstić information content (AvgIpc) is 3.15. The van der Waals surface area contributed by atoms with Gasteiger partial charge in [-0.3, -0.25) is 0 Å². The summed E-state index contributed by atoms with van der Waals surface area (Å²) in [5, 5.41) is 5.92. The maximum atomic E-state index is 12.0. The van der Waals surface area contributed by atoms with Gasteiger partial charge in [-0.2, -0.15) is 0 Å². The summed E-state index contributed by atoms with van der Waals surface area (Å²) < 4.78 is 13.4. The van der Waals surface area contributed by atoms with Gasteiger partial charge >= 0.3 is 6.03 Å². The van der Waals surface area contributed by atoms with Crippen molar-refractivity contribution in [3.8, 4) is 0 Å². The fourth-order valence-electron chi connectivity index (χ4n) is 4.14. The number of hydrogen-bond donors (Lipinski definition) is 3. The lowest BCUT2D eigenvalue weighted by Gasteiger charge is -2.22. The van der Waals surface area contributed by atoms with Gasteiger partial charge in [-0.1, -0.05) is 19.3 Å². The molecule has 1 unspecified atom stereocenters. The molecule has 9 heteroatoms. The third-order valence-corrected chi connectivity index (χ3v) is 6.07. The molecule has 0 bridgehead atoms.